The molecule has 3 aromatic rings. The molecule has 3 heterocycles. The highest BCUT2D eigenvalue weighted by molar-refractivity contribution is 6.30. The van der Waals surface area contributed by atoms with Gasteiger partial charge in [0.05, 0.1) is 28.8 Å². The van der Waals surface area contributed by atoms with E-state index in [-0.39, 0.29) is 60.5 Å². The molecule has 6 rings (SSSR count). The van der Waals surface area contributed by atoms with Crippen LogP contribution < -0.4 is 0 Å². The number of hydrogen-bond acceptors (Lipinski definition) is 7. The minimum absolute atomic E-state index is 0.00131. The monoisotopic (exact) mass is 658 g/mol. The Labute approximate surface area is 270 Å². The molecule has 45 heavy (non-hydrogen) atoms. The zero-order valence-corrected chi connectivity index (χ0v) is 26.5. The van der Waals surface area contributed by atoms with Crippen molar-refractivity contribution in [3.63, 3.8) is 0 Å². The molecule has 1 N–H and O–H groups in total. The molecule has 8 nitrogen and oxygen atoms in total. The number of fused-ring (bicyclic) bond motifs is 1. The number of carbonyl (C=O) groups is 2. The second kappa shape index (κ2) is 12.0. The van der Waals surface area contributed by atoms with E-state index >= 15 is 8.78 Å². The van der Waals surface area contributed by atoms with E-state index in [0.717, 1.165) is 6.07 Å². The molecular weight excluding hydrogens is 625 g/mol. The maximum absolute atomic E-state index is 16.9. The molecule has 0 bridgehead atoms. The average molecular weight is 660 g/mol. The predicted molar refractivity (Wildman–Crippen MR) is 164 cm³/mol. The molecule has 0 spiro atoms. The molecule has 238 valence electrons. The lowest BCUT2D eigenvalue weighted by atomic mass is 9.71. The van der Waals surface area contributed by atoms with Gasteiger partial charge in [0, 0.05) is 48.9 Å². The largest absolute Gasteiger partial charge is 0.382 e. The number of aliphatic hydroxyl groups is 1. The van der Waals surface area contributed by atoms with Gasteiger partial charge < -0.3 is 14.7 Å². The minimum atomic E-state index is -2.06. The standard InChI is InChI=1S/C33H34Cl2F2N4O4/c1-3-32(44,31(37)10-12-40(2)13-11-31)21-14-26-29(27(36)15-21)33(20-4-6-22(34)7-5-20,45-25-9-8-24(42)16-25)41(30(26)43)19-28-38-17-23(35)18-39-28/h4-7,14-15,17-18,25,44H,3,8-13,16,19H2,1-2H3/t25-,32?,33+/m0/s1. The van der Waals surface area contributed by atoms with Crippen LogP contribution in [0, 0.1) is 5.82 Å². The van der Waals surface area contributed by atoms with E-state index in [4.69, 9.17) is 27.9 Å². The molecule has 1 unspecified atom stereocenters. The summed E-state index contributed by atoms with van der Waals surface area (Å²) in [6, 6.07) is 9.00. The molecule has 12 heteroatoms. The van der Waals surface area contributed by atoms with E-state index in [2.05, 4.69) is 9.97 Å². The summed E-state index contributed by atoms with van der Waals surface area (Å²) in [6.45, 7) is 2.29. The van der Waals surface area contributed by atoms with Gasteiger partial charge in [-0.25, -0.2) is 18.7 Å². The number of alkyl halides is 1. The van der Waals surface area contributed by atoms with Gasteiger partial charge in [-0.2, -0.15) is 0 Å². The molecule has 1 saturated heterocycles. The first kappa shape index (κ1) is 31.9. The Balaban J connectivity index is 1.56. The number of carbonyl (C=O) groups excluding carboxylic acids is 2. The topological polar surface area (TPSA) is 95.9 Å². The van der Waals surface area contributed by atoms with Crippen LogP contribution in [0.15, 0.2) is 48.8 Å². The van der Waals surface area contributed by atoms with Crippen molar-refractivity contribution in [2.24, 2.45) is 0 Å². The van der Waals surface area contributed by atoms with Crippen molar-refractivity contribution in [3.05, 3.63) is 92.7 Å². The highest BCUT2D eigenvalue weighted by Gasteiger charge is 2.58. The number of aromatic nitrogens is 2. The van der Waals surface area contributed by atoms with Gasteiger partial charge in [0.15, 0.2) is 0 Å². The summed E-state index contributed by atoms with van der Waals surface area (Å²) in [6.07, 6.45) is 2.99. The lowest BCUT2D eigenvalue weighted by molar-refractivity contribution is -0.149. The van der Waals surface area contributed by atoms with Crippen molar-refractivity contribution in [1.82, 2.24) is 19.8 Å². The highest BCUT2D eigenvalue weighted by Crippen LogP contribution is 2.52. The summed E-state index contributed by atoms with van der Waals surface area (Å²) in [4.78, 5) is 38.7. The van der Waals surface area contributed by atoms with Crippen molar-refractivity contribution in [3.8, 4) is 0 Å². The molecule has 1 saturated carbocycles. The number of hydrogen-bond donors (Lipinski definition) is 1. The van der Waals surface area contributed by atoms with Gasteiger partial charge in [0.2, 0.25) is 5.72 Å². The van der Waals surface area contributed by atoms with Crippen LogP contribution in [-0.2, 0) is 27.4 Å². The summed E-state index contributed by atoms with van der Waals surface area (Å²) >= 11 is 12.3. The van der Waals surface area contributed by atoms with Crippen molar-refractivity contribution in [1.29, 1.82) is 0 Å². The Morgan fingerprint density at radius 3 is 2.36 bits per heavy atom. The minimum Gasteiger partial charge on any atom is -0.382 e. The van der Waals surface area contributed by atoms with Crippen molar-refractivity contribution < 1.29 is 28.2 Å². The fourth-order valence-corrected chi connectivity index (χ4v) is 7.21. The third kappa shape index (κ3) is 5.44. The quantitative estimate of drug-likeness (QED) is 0.320. The maximum Gasteiger partial charge on any atom is 0.257 e. The first-order valence-electron chi connectivity index (χ1n) is 15.1. The van der Waals surface area contributed by atoms with Crippen LogP contribution in [0.2, 0.25) is 10.0 Å². The summed E-state index contributed by atoms with van der Waals surface area (Å²) in [7, 11) is 1.88. The predicted octanol–water partition coefficient (Wildman–Crippen LogP) is 5.95. The summed E-state index contributed by atoms with van der Waals surface area (Å²) in [5.74, 6) is -1.26. The van der Waals surface area contributed by atoms with Gasteiger partial charge in [-0.15, -0.1) is 0 Å². The molecule has 1 aliphatic carbocycles. The summed E-state index contributed by atoms with van der Waals surface area (Å²) in [5.41, 5.74) is -5.76. The number of likely N-dealkylation sites (tertiary alicyclic amines) is 1. The van der Waals surface area contributed by atoms with Crippen LogP contribution in [0.3, 0.4) is 0 Å². The first-order valence-corrected chi connectivity index (χ1v) is 15.8. The van der Waals surface area contributed by atoms with Gasteiger partial charge in [-0.05, 0) is 62.6 Å². The normalized spacial score (nSPS) is 24.6. The molecule has 3 aliphatic rings. The molecule has 1 amide bonds. The van der Waals surface area contributed by atoms with E-state index in [1.54, 1.807) is 31.2 Å². The zero-order chi connectivity index (χ0) is 32.1. The van der Waals surface area contributed by atoms with Crippen LogP contribution in [0.1, 0.15) is 78.3 Å². The number of rotatable bonds is 8. The Bertz CT molecular complexity index is 1620. The van der Waals surface area contributed by atoms with Crippen molar-refractivity contribution in [2.45, 2.75) is 75.1 Å². The Morgan fingerprint density at radius 2 is 1.76 bits per heavy atom. The molecular formula is C33H34Cl2F2N4O4. The van der Waals surface area contributed by atoms with Gasteiger partial charge in [-0.3, -0.25) is 14.5 Å². The van der Waals surface area contributed by atoms with Crippen LogP contribution in [-0.4, -0.2) is 68.5 Å². The van der Waals surface area contributed by atoms with E-state index in [1.807, 2.05) is 11.9 Å². The van der Waals surface area contributed by atoms with E-state index in [9.17, 15) is 14.7 Å². The van der Waals surface area contributed by atoms with Gasteiger partial charge in [0.25, 0.3) is 5.91 Å². The molecule has 2 aliphatic heterocycles. The van der Waals surface area contributed by atoms with Crippen LogP contribution in [0.25, 0.3) is 0 Å². The highest BCUT2D eigenvalue weighted by atomic mass is 35.5. The molecule has 1 aromatic heterocycles. The van der Waals surface area contributed by atoms with Gasteiger partial charge >= 0.3 is 0 Å². The number of amides is 1. The van der Waals surface area contributed by atoms with E-state index < -0.39 is 34.8 Å². The summed E-state index contributed by atoms with van der Waals surface area (Å²) in [5, 5.41) is 12.7. The van der Waals surface area contributed by atoms with E-state index in [1.165, 1.54) is 23.4 Å². The van der Waals surface area contributed by atoms with Crippen LogP contribution >= 0.6 is 23.2 Å². The van der Waals surface area contributed by atoms with E-state index in [0.29, 0.717) is 41.5 Å². The second-order valence-corrected chi connectivity index (χ2v) is 13.1. The lowest BCUT2D eigenvalue weighted by Gasteiger charge is -2.46. The number of ether oxygens (including phenoxy) is 1. The Morgan fingerprint density at radius 1 is 1.09 bits per heavy atom. The van der Waals surface area contributed by atoms with Crippen LogP contribution in [0.4, 0.5) is 8.78 Å². The molecule has 2 aromatic carbocycles. The number of benzene rings is 2. The average Bonchev–Trinajstić information content (AvgIpc) is 3.54. The third-order valence-corrected chi connectivity index (χ3v) is 9.99. The van der Waals surface area contributed by atoms with Gasteiger partial charge in [-0.1, -0.05) is 42.3 Å². The van der Waals surface area contributed by atoms with Crippen molar-refractivity contribution >= 4 is 34.9 Å². The summed E-state index contributed by atoms with van der Waals surface area (Å²) < 4.78 is 40.2. The Kier molecular flexibility index (Phi) is 8.50. The number of Topliss-reactive ketones (excluding diaryl/α,β-unsaturated/α-hetero) is 1. The number of ketones is 1. The fraction of sp³-hybridized carbons (Fsp3) is 0.455. The Hall–Kier alpha value is -3.02. The number of halogens is 4. The number of nitrogens with zero attached hydrogens (tertiary/aromatic N) is 4. The number of piperidine rings is 1. The molecule has 3 atom stereocenters. The lowest BCUT2D eigenvalue weighted by Crippen LogP contribution is -2.54. The fourth-order valence-electron chi connectivity index (χ4n) is 6.98. The van der Waals surface area contributed by atoms with Gasteiger partial charge in [0.1, 0.15) is 28.7 Å². The third-order valence-electron chi connectivity index (χ3n) is 9.54. The smallest absolute Gasteiger partial charge is 0.257 e. The van der Waals surface area contributed by atoms with Crippen LogP contribution in [0.5, 0.6) is 0 Å². The van der Waals surface area contributed by atoms with Crippen molar-refractivity contribution in [2.75, 3.05) is 20.1 Å². The molecule has 0 radical (unpaired) electrons. The zero-order valence-electron chi connectivity index (χ0n) is 25.0. The molecule has 2 fully saturated rings. The SMILES string of the molecule is CCC(O)(c1cc(F)c2c(c1)C(=O)N(Cc1ncc(Cl)cn1)[C@@]2(O[C@H]1CCC(=O)C1)c1ccc(Cl)cc1)C1(F)CCN(C)CC1. The second-order valence-electron chi connectivity index (χ2n) is 12.2. The first-order chi connectivity index (χ1) is 21.4. The maximum atomic E-state index is 16.9.